The Morgan fingerprint density at radius 2 is 2.00 bits per heavy atom. The van der Waals surface area contributed by atoms with Gasteiger partial charge in [-0.1, -0.05) is 6.07 Å². The molecule has 0 aliphatic heterocycles. The first-order chi connectivity index (χ1) is 8.58. The second-order valence-electron chi connectivity index (χ2n) is 3.99. The van der Waals surface area contributed by atoms with E-state index < -0.39 is 11.6 Å². The fraction of sp³-hybridized carbons (Fsp3) is 0.231. The van der Waals surface area contributed by atoms with Gasteiger partial charge in [-0.25, -0.2) is 8.78 Å². The molecule has 1 aromatic carbocycles. The SMILES string of the molecule is CC(N)C(Sc1ccc(F)c(F)c1)c1cccs1. The predicted octanol–water partition coefficient (Wildman–Crippen LogP) is 4.21. The van der Waals surface area contributed by atoms with E-state index in [1.807, 2.05) is 24.4 Å². The Bertz CT molecular complexity index is 512. The molecule has 96 valence electrons. The lowest BCUT2D eigenvalue weighted by Crippen LogP contribution is -2.21. The maximum Gasteiger partial charge on any atom is 0.159 e. The van der Waals surface area contributed by atoms with E-state index >= 15 is 0 Å². The van der Waals surface area contributed by atoms with Gasteiger partial charge in [-0.3, -0.25) is 0 Å². The number of hydrogen-bond donors (Lipinski definition) is 1. The monoisotopic (exact) mass is 285 g/mol. The summed E-state index contributed by atoms with van der Waals surface area (Å²) in [5, 5.41) is 2.03. The van der Waals surface area contributed by atoms with Crippen LogP contribution in [0.25, 0.3) is 0 Å². The van der Waals surface area contributed by atoms with Crippen molar-refractivity contribution in [1.82, 2.24) is 0 Å². The molecule has 0 radical (unpaired) electrons. The normalized spacial score (nSPS) is 14.4. The van der Waals surface area contributed by atoms with Gasteiger partial charge in [0, 0.05) is 15.8 Å². The lowest BCUT2D eigenvalue weighted by atomic mass is 10.2. The van der Waals surface area contributed by atoms with Gasteiger partial charge in [0.2, 0.25) is 0 Å². The zero-order valence-corrected chi connectivity index (χ0v) is 11.4. The summed E-state index contributed by atoms with van der Waals surface area (Å²) < 4.78 is 26.0. The first-order valence-electron chi connectivity index (χ1n) is 5.48. The number of benzene rings is 1. The highest BCUT2D eigenvalue weighted by Crippen LogP contribution is 2.39. The van der Waals surface area contributed by atoms with E-state index in [-0.39, 0.29) is 11.3 Å². The largest absolute Gasteiger partial charge is 0.327 e. The van der Waals surface area contributed by atoms with Gasteiger partial charge in [0.15, 0.2) is 11.6 Å². The van der Waals surface area contributed by atoms with Gasteiger partial charge >= 0.3 is 0 Å². The van der Waals surface area contributed by atoms with Crippen LogP contribution in [0.15, 0.2) is 40.6 Å². The lowest BCUT2D eigenvalue weighted by Gasteiger charge is -2.19. The van der Waals surface area contributed by atoms with Gasteiger partial charge in [-0.2, -0.15) is 0 Å². The Hall–Kier alpha value is -0.910. The summed E-state index contributed by atoms with van der Waals surface area (Å²) in [6, 6.07) is 7.83. The number of thiophene rings is 1. The number of thioether (sulfide) groups is 1. The van der Waals surface area contributed by atoms with Crippen LogP contribution in [0.3, 0.4) is 0 Å². The van der Waals surface area contributed by atoms with Crippen molar-refractivity contribution in [2.75, 3.05) is 0 Å². The summed E-state index contributed by atoms with van der Waals surface area (Å²) in [5.41, 5.74) is 5.96. The van der Waals surface area contributed by atoms with Crippen molar-refractivity contribution < 1.29 is 8.78 Å². The van der Waals surface area contributed by atoms with Crippen LogP contribution in [0.1, 0.15) is 17.1 Å². The van der Waals surface area contributed by atoms with E-state index in [1.165, 1.54) is 17.8 Å². The van der Waals surface area contributed by atoms with Crippen LogP contribution >= 0.6 is 23.1 Å². The zero-order valence-electron chi connectivity index (χ0n) is 9.77. The smallest absolute Gasteiger partial charge is 0.159 e. The van der Waals surface area contributed by atoms with Crippen molar-refractivity contribution in [2.45, 2.75) is 23.1 Å². The average molecular weight is 285 g/mol. The molecule has 1 nitrogen and oxygen atoms in total. The number of hydrogen-bond acceptors (Lipinski definition) is 3. The summed E-state index contributed by atoms with van der Waals surface area (Å²) in [7, 11) is 0. The average Bonchev–Trinajstić information content (AvgIpc) is 2.83. The van der Waals surface area contributed by atoms with Crippen molar-refractivity contribution in [3.63, 3.8) is 0 Å². The lowest BCUT2D eigenvalue weighted by molar-refractivity contribution is 0.506. The Morgan fingerprint density at radius 1 is 1.22 bits per heavy atom. The number of halogens is 2. The summed E-state index contributed by atoms with van der Waals surface area (Å²) in [5.74, 6) is -1.65. The highest BCUT2D eigenvalue weighted by atomic mass is 32.2. The van der Waals surface area contributed by atoms with Gasteiger partial charge in [0.05, 0.1) is 5.25 Å². The van der Waals surface area contributed by atoms with Crippen LogP contribution in [-0.4, -0.2) is 6.04 Å². The molecular formula is C13H13F2NS2. The molecule has 5 heteroatoms. The van der Waals surface area contributed by atoms with Crippen LogP contribution in [0, 0.1) is 11.6 Å². The van der Waals surface area contributed by atoms with Crippen molar-refractivity contribution in [2.24, 2.45) is 5.73 Å². The van der Waals surface area contributed by atoms with Gasteiger partial charge in [-0.15, -0.1) is 23.1 Å². The standard InChI is InChI=1S/C13H13F2NS2/c1-8(16)13(12-3-2-6-17-12)18-9-4-5-10(14)11(15)7-9/h2-8,13H,16H2,1H3. The third kappa shape index (κ3) is 3.10. The molecule has 0 saturated carbocycles. The van der Waals surface area contributed by atoms with Gasteiger partial charge < -0.3 is 5.73 Å². The van der Waals surface area contributed by atoms with E-state index in [9.17, 15) is 8.78 Å². The molecule has 1 heterocycles. The van der Waals surface area contributed by atoms with E-state index in [2.05, 4.69) is 0 Å². The minimum absolute atomic E-state index is 0.0508. The van der Waals surface area contributed by atoms with Crippen molar-refractivity contribution in [1.29, 1.82) is 0 Å². The molecule has 0 aliphatic rings. The number of rotatable bonds is 4. The molecule has 0 spiro atoms. The minimum atomic E-state index is -0.826. The third-order valence-corrected chi connectivity index (χ3v) is 5.02. The van der Waals surface area contributed by atoms with Gasteiger partial charge in [0.25, 0.3) is 0 Å². The molecule has 2 unspecified atom stereocenters. The maximum absolute atomic E-state index is 13.2. The first kappa shape index (κ1) is 13.5. The first-order valence-corrected chi connectivity index (χ1v) is 7.24. The van der Waals surface area contributed by atoms with Crippen LogP contribution < -0.4 is 5.73 Å². The molecular weight excluding hydrogens is 272 g/mol. The quantitative estimate of drug-likeness (QED) is 0.852. The third-order valence-electron chi connectivity index (χ3n) is 2.46. The van der Waals surface area contributed by atoms with Crippen LogP contribution in [-0.2, 0) is 0 Å². The molecule has 2 rings (SSSR count). The van der Waals surface area contributed by atoms with Gasteiger partial charge in [-0.05, 0) is 36.6 Å². The molecule has 1 aromatic heterocycles. The number of nitrogens with two attached hydrogens (primary N) is 1. The Balaban J connectivity index is 2.21. The molecule has 0 saturated heterocycles. The molecule has 0 amide bonds. The molecule has 0 bridgehead atoms. The van der Waals surface area contributed by atoms with Crippen molar-refractivity contribution in [3.05, 3.63) is 52.2 Å². The summed E-state index contributed by atoms with van der Waals surface area (Å²) in [6.45, 7) is 1.91. The highest BCUT2D eigenvalue weighted by molar-refractivity contribution is 7.99. The fourth-order valence-corrected chi connectivity index (χ4v) is 3.73. The molecule has 2 atom stereocenters. The van der Waals surface area contributed by atoms with Gasteiger partial charge in [0.1, 0.15) is 0 Å². The van der Waals surface area contributed by atoms with E-state index in [0.717, 1.165) is 10.9 Å². The van der Waals surface area contributed by atoms with E-state index in [0.29, 0.717) is 4.90 Å². The molecule has 2 N–H and O–H groups in total. The van der Waals surface area contributed by atoms with Crippen LogP contribution in [0.5, 0.6) is 0 Å². The predicted molar refractivity (Wildman–Crippen MR) is 72.9 cm³/mol. The minimum Gasteiger partial charge on any atom is -0.327 e. The highest BCUT2D eigenvalue weighted by Gasteiger charge is 2.19. The van der Waals surface area contributed by atoms with Crippen molar-refractivity contribution in [3.8, 4) is 0 Å². The van der Waals surface area contributed by atoms with Crippen LogP contribution in [0.2, 0.25) is 0 Å². The summed E-state index contributed by atoms with van der Waals surface area (Å²) in [4.78, 5) is 1.82. The Morgan fingerprint density at radius 3 is 2.56 bits per heavy atom. The zero-order chi connectivity index (χ0) is 13.1. The van der Waals surface area contributed by atoms with E-state index in [1.54, 1.807) is 17.4 Å². The maximum atomic E-state index is 13.2. The van der Waals surface area contributed by atoms with Crippen molar-refractivity contribution >= 4 is 23.1 Å². The molecule has 18 heavy (non-hydrogen) atoms. The molecule has 0 fully saturated rings. The molecule has 0 aliphatic carbocycles. The Kier molecular flexibility index (Phi) is 4.37. The Labute approximate surface area is 113 Å². The van der Waals surface area contributed by atoms with Crippen LogP contribution in [0.4, 0.5) is 8.78 Å². The van der Waals surface area contributed by atoms with E-state index in [4.69, 9.17) is 5.73 Å². The second kappa shape index (κ2) is 5.82. The topological polar surface area (TPSA) is 26.0 Å². The molecule has 2 aromatic rings. The summed E-state index contributed by atoms with van der Waals surface area (Å²) in [6.07, 6.45) is 0. The second-order valence-corrected chi connectivity index (χ2v) is 6.18. The fourth-order valence-electron chi connectivity index (χ4n) is 1.57. The summed E-state index contributed by atoms with van der Waals surface area (Å²) >= 11 is 3.07.